The first-order valence-corrected chi connectivity index (χ1v) is 8.29. The highest BCUT2D eigenvalue weighted by Gasteiger charge is 2.12. The Morgan fingerprint density at radius 3 is 2.50 bits per heavy atom. The van der Waals surface area contributed by atoms with Crippen LogP contribution in [0.25, 0.3) is 11.0 Å². The molecule has 0 aliphatic carbocycles. The van der Waals surface area contributed by atoms with Crippen LogP contribution in [0.4, 0.5) is 0 Å². The molecule has 0 N–H and O–H groups in total. The zero-order valence-corrected chi connectivity index (χ0v) is 15.0. The van der Waals surface area contributed by atoms with Crippen LogP contribution < -0.4 is 10.4 Å². The molecule has 5 nitrogen and oxygen atoms in total. The Kier molecular flexibility index (Phi) is 5.07. The van der Waals surface area contributed by atoms with Gasteiger partial charge < -0.3 is 13.9 Å². The van der Waals surface area contributed by atoms with Gasteiger partial charge in [-0.05, 0) is 42.7 Å². The average Bonchev–Trinajstić information content (AvgIpc) is 2.64. The Morgan fingerprint density at radius 2 is 1.81 bits per heavy atom. The molecule has 0 bridgehead atoms. The smallest absolute Gasteiger partial charge is 0.336 e. The molecule has 0 aliphatic rings. The van der Waals surface area contributed by atoms with E-state index in [1.807, 2.05) is 38.1 Å². The van der Waals surface area contributed by atoms with Crippen LogP contribution in [0.1, 0.15) is 22.3 Å². The number of methoxy groups -OCH3 is 1. The van der Waals surface area contributed by atoms with Gasteiger partial charge in [0.1, 0.15) is 17.9 Å². The summed E-state index contributed by atoms with van der Waals surface area (Å²) >= 11 is 0. The summed E-state index contributed by atoms with van der Waals surface area (Å²) in [5, 5.41) is 0.782. The summed E-state index contributed by atoms with van der Waals surface area (Å²) in [7, 11) is 1.59. The molecule has 0 radical (unpaired) electrons. The fraction of sp³-hybridized carbons (Fsp3) is 0.238. The monoisotopic (exact) mass is 352 g/mol. The van der Waals surface area contributed by atoms with Crippen LogP contribution in [0.2, 0.25) is 0 Å². The first-order chi connectivity index (χ1) is 12.5. The Morgan fingerprint density at radius 1 is 1.08 bits per heavy atom. The molecule has 2 aromatic carbocycles. The summed E-state index contributed by atoms with van der Waals surface area (Å²) in [4.78, 5) is 24.0. The number of hydrogen-bond acceptors (Lipinski definition) is 5. The van der Waals surface area contributed by atoms with E-state index in [4.69, 9.17) is 13.9 Å². The molecule has 5 heteroatoms. The second kappa shape index (κ2) is 7.44. The fourth-order valence-corrected chi connectivity index (χ4v) is 2.76. The number of rotatable bonds is 5. The molecule has 3 aromatic rings. The van der Waals surface area contributed by atoms with Crippen molar-refractivity contribution in [1.29, 1.82) is 0 Å². The lowest BCUT2D eigenvalue weighted by atomic mass is 10.0. The number of aryl methyl sites for hydroxylation is 2. The number of hydrogen-bond donors (Lipinski definition) is 0. The molecule has 0 amide bonds. The standard InChI is InChI=1S/C21H20O5/c1-13-4-9-18-16(11-20(23)26-21(18)14(13)2)12-25-19(22)10-15-5-7-17(24-3)8-6-15/h4-9,11H,10,12H2,1-3H3. The summed E-state index contributed by atoms with van der Waals surface area (Å²) < 4.78 is 15.8. The van der Waals surface area contributed by atoms with Gasteiger partial charge in [0, 0.05) is 17.0 Å². The maximum Gasteiger partial charge on any atom is 0.336 e. The van der Waals surface area contributed by atoms with E-state index in [9.17, 15) is 9.59 Å². The Balaban J connectivity index is 1.75. The van der Waals surface area contributed by atoms with Crippen molar-refractivity contribution in [3.8, 4) is 5.75 Å². The van der Waals surface area contributed by atoms with E-state index in [1.54, 1.807) is 19.2 Å². The summed E-state index contributed by atoms with van der Waals surface area (Å²) in [6.45, 7) is 3.88. The molecule has 0 saturated heterocycles. The molecule has 0 atom stereocenters. The predicted octanol–water partition coefficient (Wildman–Crippen LogP) is 3.70. The van der Waals surface area contributed by atoms with Crippen LogP contribution >= 0.6 is 0 Å². The van der Waals surface area contributed by atoms with Crippen LogP contribution in [0, 0.1) is 13.8 Å². The van der Waals surface area contributed by atoms with Gasteiger partial charge in [-0.3, -0.25) is 4.79 Å². The lowest BCUT2D eigenvalue weighted by Gasteiger charge is -2.10. The molecule has 0 aliphatic heterocycles. The van der Waals surface area contributed by atoms with Crippen LogP contribution in [0.15, 0.2) is 51.7 Å². The molecule has 1 heterocycles. The first kappa shape index (κ1) is 17.7. The first-order valence-electron chi connectivity index (χ1n) is 8.29. The van der Waals surface area contributed by atoms with Gasteiger partial charge in [0.25, 0.3) is 0 Å². The minimum absolute atomic E-state index is 0.0274. The van der Waals surface area contributed by atoms with Gasteiger partial charge in [-0.2, -0.15) is 0 Å². The van der Waals surface area contributed by atoms with Crippen molar-refractivity contribution in [3.05, 3.63) is 75.1 Å². The molecule has 1 aromatic heterocycles. The summed E-state index contributed by atoms with van der Waals surface area (Å²) in [5.41, 5.74) is 3.51. The number of carbonyl (C=O) groups is 1. The van der Waals surface area contributed by atoms with Crippen LogP contribution in [0.5, 0.6) is 5.75 Å². The van der Waals surface area contributed by atoms with E-state index >= 15 is 0 Å². The van der Waals surface area contributed by atoms with E-state index in [-0.39, 0.29) is 19.0 Å². The lowest BCUT2D eigenvalue weighted by molar-refractivity contribution is -0.144. The molecule has 3 rings (SSSR count). The molecule has 134 valence electrons. The third kappa shape index (κ3) is 3.77. The van der Waals surface area contributed by atoms with E-state index in [0.29, 0.717) is 11.1 Å². The molecule has 0 unspecified atom stereocenters. The van der Waals surface area contributed by atoms with Crippen molar-refractivity contribution in [2.75, 3.05) is 7.11 Å². The molecular formula is C21H20O5. The fourth-order valence-electron chi connectivity index (χ4n) is 2.76. The maximum atomic E-state index is 12.1. The van der Waals surface area contributed by atoms with Crippen molar-refractivity contribution in [1.82, 2.24) is 0 Å². The number of benzene rings is 2. The van der Waals surface area contributed by atoms with Crippen LogP contribution in [0.3, 0.4) is 0 Å². The highest BCUT2D eigenvalue weighted by Crippen LogP contribution is 2.23. The summed E-state index contributed by atoms with van der Waals surface area (Å²) in [5.74, 6) is 0.371. The van der Waals surface area contributed by atoms with Crippen molar-refractivity contribution in [2.24, 2.45) is 0 Å². The van der Waals surface area contributed by atoms with E-state index in [1.165, 1.54) is 6.07 Å². The Labute approximate surface area is 151 Å². The topological polar surface area (TPSA) is 65.7 Å². The normalized spacial score (nSPS) is 10.7. The average molecular weight is 352 g/mol. The van der Waals surface area contributed by atoms with Crippen molar-refractivity contribution in [3.63, 3.8) is 0 Å². The largest absolute Gasteiger partial charge is 0.497 e. The predicted molar refractivity (Wildman–Crippen MR) is 98.5 cm³/mol. The second-order valence-electron chi connectivity index (χ2n) is 6.16. The zero-order valence-electron chi connectivity index (χ0n) is 15.0. The molecule has 0 fully saturated rings. The van der Waals surface area contributed by atoms with Gasteiger partial charge >= 0.3 is 11.6 Å². The van der Waals surface area contributed by atoms with Gasteiger partial charge in [-0.15, -0.1) is 0 Å². The van der Waals surface area contributed by atoms with Crippen LogP contribution in [-0.4, -0.2) is 13.1 Å². The third-order valence-electron chi connectivity index (χ3n) is 4.41. The van der Waals surface area contributed by atoms with E-state index in [0.717, 1.165) is 27.8 Å². The number of esters is 1. The minimum atomic E-state index is -0.451. The summed E-state index contributed by atoms with van der Waals surface area (Å²) in [6.07, 6.45) is 0.154. The number of carbonyl (C=O) groups excluding carboxylic acids is 1. The number of fused-ring (bicyclic) bond motifs is 1. The van der Waals surface area contributed by atoms with Gasteiger partial charge in [-0.1, -0.05) is 24.3 Å². The molecular weight excluding hydrogens is 332 g/mol. The van der Waals surface area contributed by atoms with Gasteiger partial charge in [-0.25, -0.2) is 4.79 Å². The highest BCUT2D eigenvalue weighted by molar-refractivity contribution is 5.84. The molecule has 0 saturated carbocycles. The van der Waals surface area contributed by atoms with Gasteiger partial charge in [0.05, 0.1) is 13.5 Å². The van der Waals surface area contributed by atoms with Crippen molar-refractivity contribution < 1.29 is 18.7 Å². The van der Waals surface area contributed by atoms with E-state index in [2.05, 4.69) is 0 Å². The number of ether oxygens (including phenoxy) is 2. The van der Waals surface area contributed by atoms with Gasteiger partial charge in [0.15, 0.2) is 0 Å². The Bertz CT molecular complexity index is 999. The maximum absolute atomic E-state index is 12.1. The van der Waals surface area contributed by atoms with Crippen molar-refractivity contribution >= 4 is 16.9 Å². The second-order valence-corrected chi connectivity index (χ2v) is 6.16. The molecule has 26 heavy (non-hydrogen) atoms. The van der Waals surface area contributed by atoms with Gasteiger partial charge in [0.2, 0.25) is 0 Å². The van der Waals surface area contributed by atoms with Crippen LogP contribution in [-0.2, 0) is 22.6 Å². The third-order valence-corrected chi connectivity index (χ3v) is 4.41. The Hall–Kier alpha value is -3.08. The SMILES string of the molecule is COc1ccc(CC(=O)OCc2cc(=O)oc3c(C)c(C)ccc23)cc1. The minimum Gasteiger partial charge on any atom is -0.497 e. The quantitative estimate of drug-likeness (QED) is 0.517. The highest BCUT2D eigenvalue weighted by atomic mass is 16.5. The summed E-state index contributed by atoms with van der Waals surface area (Å²) in [6, 6.07) is 12.4. The zero-order chi connectivity index (χ0) is 18.7. The van der Waals surface area contributed by atoms with E-state index < -0.39 is 5.63 Å². The molecule has 0 spiro atoms. The van der Waals surface area contributed by atoms with Crippen molar-refractivity contribution in [2.45, 2.75) is 26.9 Å². The lowest BCUT2D eigenvalue weighted by Crippen LogP contribution is -2.10.